The Morgan fingerprint density at radius 3 is 1.68 bits per heavy atom. The van der Waals surface area contributed by atoms with Gasteiger partial charge in [0.15, 0.2) is 0 Å². The number of hydrogen-bond donors (Lipinski definition) is 0. The van der Waals surface area contributed by atoms with Gasteiger partial charge in [0, 0.05) is 22.4 Å². The number of nitrogens with zero attached hydrogens (tertiary/aromatic N) is 1. The van der Waals surface area contributed by atoms with Crippen LogP contribution in [0.1, 0.15) is 16.7 Å². The Hall–Kier alpha value is -4.49. The van der Waals surface area contributed by atoms with Gasteiger partial charge in [-0.15, -0.1) is 0 Å². The van der Waals surface area contributed by atoms with Crippen LogP contribution in [-0.2, 0) is 0 Å². The van der Waals surface area contributed by atoms with Gasteiger partial charge < -0.3 is 0 Å². The predicted molar refractivity (Wildman–Crippen MR) is 159 cm³/mol. The summed E-state index contributed by atoms with van der Waals surface area (Å²) in [4.78, 5) is 4.96. The van der Waals surface area contributed by atoms with E-state index in [1.807, 2.05) is 12.3 Å². The van der Waals surface area contributed by atoms with Gasteiger partial charge >= 0.3 is 0 Å². The molecule has 1 nitrogen and oxygen atoms in total. The van der Waals surface area contributed by atoms with Crippen molar-refractivity contribution in [2.24, 2.45) is 0 Å². The Labute approximate surface area is 217 Å². The summed E-state index contributed by atoms with van der Waals surface area (Å²) in [6.07, 6.45) is 1.92. The number of hydrogen-bond acceptors (Lipinski definition) is 1. The predicted octanol–water partition coefficient (Wildman–Crippen LogP) is 9.95. The van der Waals surface area contributed by atoms with Gasteiger partial charge in [-0.3, -0.25) is 4.98 Å². The van der Waals surface area contributed by atoms with Crippen molar-refractivity contribution in [1.29, 1.82) is 0 Å². The van der Waals surface area contributed by atoms with E-state index in [0.717, 1.165) is 5.52 Å². The fourth-order valence-electron chi connectivity index (χ4n) is 5.95. The highest BCUT2D eigenvalue weighted by Gasteiger charge is 2.21. The Morgan fingerprint density at radius 2 is 1.03 bits per heavy atom. The fraction of sp³-hybridized carbons (Fsp3) is 0.0833. The summed E-state index contributed by atoms with van der Waals surface area (Å²) in [5.74, 6) is 0. The number of pyridine rings is 1. The Morgan fingerprint density at radius 1 is 0.459 bits per heavy atom. The highest BCUT2D eigenvalue weighted by atomic mass is 14.6. The van der Waals surface area contributed by atoms with Crippen molar-refractivity contribution in [2.45, 2.75) is 20.8 Å². The van der Waals surface area contributed by atoms with Crippen molar-refractivity contribution >= 4 is 43.2 Å². The molecule has 0 amide bonds. The first-order valence-corrected chi connectivity index (χ1v) is 12.9. The van der Waals surface area contributed by atoms with Gasteiger partial charge in [0.05, 0.1) is 5.52 Å². The molecule has 0 bridgehead atoms. The molecule has 0 fully saturated rings. The number of aromatic nitrogens is 1. The summed E-state index contributed by atoms with van der Waals surface area (Å²) < 4.78 is 0. The molecule has 6 aromatic carbocycles. The van der Waals surface area contributed by atoms with Gasteiger partial charge in [-0.2, -0.15) is 0 Å². The van der Waals surface area contributed by atoms with Crippen LogP contribution in [0.25, 0.3) is 65.5 Å². The summed E-state index contributed by atoms with van der Waals surface area (Å²) in [7, 11) is 0. The molecule has 1 heteroatoms. The second-order valence-electron chi connectivity index (χ2n) is 10.2. The molecule has 0 N–H and O–H groups in total. The van der Waals surface area contributed by atoms with Crippen LogP contribution < -0.4 is 0 Å². The van der Waals surface area contributed by atoms with Crippen molar-refractivity contribution in [3.8, 4) is 22.3 Å². The monoisotopic (exact) mass is 473 g/mol. The first-order valence-electron chi connectivity index (χ1n) is 12.9. The molecule has 7 rings (SSSR count). The van der Waals surface area contributed by atoms with Gasteiger partial charge in [-0.25, -0.2) is 0 Å². The second-order valence-corrected chi connectivity index (χ2v) is 10.2. The average molecular weight is 474 g/mol. The van der Waals surface area contributed by atoms with Crippen molar-refractivity contribution in [3.05, 3.63) is 126 Å². The van der Waals surface area contributed by atoms with Gasteiger partial charge in [0.25, 0.3) is 0 Å². The summed E-state index contributed by atoms with van der Waals surface area (Å²) in [5.41, 5.74) is 9.90. The highest BCUT2D eigenvalue weighted by molar-refractivity contribution is 6.33. The lowest BCUT2D eigenvalue weighted by molar-refractivity contribution is 1.43. The molecule has 0 unspecified atom stereocenters. The van der Waals surface area contributed by atoms with Gasteiger partial charge in [-0.05, 0) is 76.2 Å². The quantitative estimate of drug-likeness (QED) is 0.228. The third kappa shape index (κ3) is 3.35. The molecular formula is C36H27N. The number of benzene rings is 6. The standard InChI is InChI=1S/C36H27N/c1-22-9-13-26(14-10-22)32-29-19-17-25-7-4-6-24(3)31(25)34(29)35-30(20-18-28-8-5-21-37-36(28)35)33(32)27-15-11-23(2)12-16-27/h4-21H,1-3H3. The van der Waals surface area contributed by atoms with Crippen molar-refractivity contribution < 1.29 is 0 Å². The molecule has 0 radical (unpaired) electrons. The molecule has 0 saturated carbocycles. The smallest absolute Gasteiger partial charge is 0.0786 e. The van der Waals surface area contributed by atoms with Crippen LogP contribution in [0.2, 0.25) is 0 Å². The Bertz CT molecular complexity index is 1980. The first kappa shape index (κ1) is 21.8. The molecule has 7 aromatic rings. The summed E-state index contributed by atoms with van der Waals surface area (Å²) >= 11 is 0. The van der Waals surface area contributed by atoms with E-state index in [0.29, 0.717) is 0 Å². The van der Waals surface area contributed by atoms with E-state index >= 15 is 0 Å². The van der Waals surface area contributed by atoms with E-state index in [1.165, 1.54) is 76.6 Å². The molecule has 1 heterocycles. The molecule has 0 aliphatic carbocycles. The van der Waals surface area contributed by atoms with E-state index < -0.39 is 0 Å². The third-order valence-corrected chi connectivity index (χ3v) is 7.75. The van der Waals surface area contributed by atoms with Crippen LogP contribution in [0.4, 0.5) is 0 Å². The number of rotatable bonds is 2. The van der Waals surface area contributed by atoms with Gasteiger partial charge in [0.2, 0.25) is 0 Å². The Kier molecular flexibility index (Phi) is 4.87. The maximum absolute atomic E-state index is 4.96. The molecule has 176 valence electrons. The van der Waals surface area contributed by atoms with Gasteiger partial charge in [0.1, 0.15) is 0 Å². The van der Waals surface area contributed by atoms with E-state index in [1.54, 1.807) is 0 Å². The topological polar surface area (TPSA) is 12.9 Å². The molecule has 0 spiro atoms. The van der Waals surface area contributed by atoms with E-state index in [2.05, 4.69) is 118 Å². The highest BCUT2D eigenvalue weighted by Crippen LogP contribution is 2.48. The molecule has 37 heavy (non-hydrogen) atoms. The van der Waals surface area contributed by atoms with E-state index in [4.69, 9.17) is 4.98 Å². The van der Waals surface area contributed by atoms with Crippen molar-refractivity contribution in [2.75, 3.05) is 0 Å². The molecule has 0 saturated heterocycles. The maximum atomic E-state index is 4.96. The van der Waals surface area contributed by atoms with Crippen molar-refractivity contribution in [1.82, 2.24) is 4.98 Å². The van der Waals surface area contributed by atoms with E-state index in [-0.39, 0.29) is 0 Å². The van der Waals surface area contributed by atoms with Crippen LogP contribution in [0.3, 0.4) is 0 Å². The minimum absolute atomic E-state index is 1.06. The van der Waals surface area contributed by atoms with Crippen LogP contribution in [0.15, 0.2) is 109 Å². The van der Waals surface area contributed by atoms with Crippen LogP contribution in [0, 0.1) is 20.8 Å². The maximum Gasteiger partial charge on any atom is 0.0786 e. The lowest BCUT2D eigenvalue weighted by Gasteiger charge is -2.21. The molecule has 0 aliphatic rings. The summed E-state index contributed by atoms with van der Waals surface area (Å²) in [5, 5.41) is 8.79. The zero-order chi connectivity index (χ0) is 25.1. The van der Waals surface area contributed by atoms with E-state index in [9.17, 15) is 0 Å². The van der Waals surface area contributed by atoms with Crippen molar-refractivity contribution in [3.63, 3.8) is 0 Å². The van der Waals surface area contributed by atoms with Crippen LogP contribution in [-0.4, -0.2) is 4.98 Å². The lowest BCUT2D eigenvalue weighted by Crippen LogP contribution is -1.95. The normalized spacial score (nSPS) is 11.6. The van der Waals surface area contributed by atoms with Gasteiger partial charge in [-0.1, -0.05) is 108 Å². The first-order chi connectivity index (χ1) is 18.1. The zero-order valence-corrected chi connectivity index (χ0v) is 21.3. The zero-order valence-electron chi connectivity index (χ0n) is 21.3. The molecule has 0 aliphatic heterocycles. The third-order valence-electron chi connectivity index (χ3n) is 7.75. The lowest BCUT2D eigenvalue weighted by atomic mass is 9.82. The summed E-state index contributed by atoms with van der Waals surface area (Å²) in [6, 6.07) is 37.9. The molecular weight excluding hydrogens is 446 g/mol. The number of aryl methyl sites for hydroxylation is 3. The minimum Gasteiger partial charge on any atom is -0.256 e. The number of fused-ring (bicyclic) bond motifs is 7. The molecule has 0 atom stereocenters. The minimum atomic E-state index is 1.06. The van der Waals surface area contributed by atoms with Crippen LogP contribution in [0.5, 0.6) is 0 Å². The SMILES string of the molecule is Cc1ccc(-c2c(-c3ccc(C)cc3)c3ccc4cccc(C)c4c3c3c2ccc2cccnc23)cc1. The average Bonchev–Trinajstić information content (AvgIpc) is 2.93. The molecule has 1 aromatic heterocycles. The largest absolute Gasteiger partial charge is 0.256 e. The fourth-order valence-corrected chi connectivity index (χ4v) is 5.95. The summed E-state index contributed by atoms with van der Waals surface area (Å²) in [6.45, 7) is 6.53. The van der Waals surface area contributed by atoms with Crippen LogP contribution >= 0.6 is 0 Å². The second kappa shape index (κ2) is 8.28. The Balaban J connectivity index is 1.83.